The summed E-state index contributed by atoms with van der Waals surface area (Å²) >= 11 is 0. The van der Waals surface area contributed by atoms with E-state index in [4.69, 9.17) is 4.74 Å². The van der Waals surface area contributed by atoms with E-state index in [-0.39, 0.29) is 5.91 Å². The fourth-order valence-electron chi connectivity index (χ4n) is 4.78. The van der Waals surface area contributed by atoms with Crippen LogP contribution < -0.4 is 10.2 Å². The predicted octanol–water partition coefficient (Wildman–Crippen LogP) is 2.41. The van der Waals surface area contributed by atoms with Crippen molar-refractivity contribution in [3.8, 4) is 0 Å². The van der Waals surface area contributed by atoms with Crippen LogP contribution in [0.4, 0.5) is 11.4 Å². The van der Waals surface area contributed by atoms with Gasteiger partial charge in [0, 0.05) is 32.2 Å². The van der Waals surface area contributed by atoms with Crippen molar-refractivity contribution >= 4 is 17.3 Å². The number of para-hydroxylation sites is 2. The van der Waals surface area contributed by atoms with Crippen molar-refractivity contribution < 1.29 is 9.53 Å². The normalized spacial score (nSPS) is 22.9. The fourth-order valence-corrected chi connectivity index (χ4v) is 4.78. The molecule has 3 saturated heterocycles. The number of benzene rings is 1. The molecule has 0 unspecified atom stereocenters. The number of rotatable bonds is 5. The smallest absolute Gasteiger partial charge is 0.238 e. The minimum Gasteiger partial charge on any atom is -0.378 e. The fraction of sp³-hybridized carbons (Fsp3) is 0.682. The minimum absolute atomic E-state index is 0.0946. The highest BCUT2D eigenvalue weighted by Crippen LogP contribution is 2.26. The Hall–Kier alpha value is -1.63. The number of amides is 1. The molecular weight excluding hydrogens is 352 g/mol. The van der Waals surface area contributed by atoms with E-state index < -0.39 is 0 Å². The number of hydrogen-bond donors (Lipinski definition) is 1. The van der Waals surface area contributed by atoms with E-state index in [0.29, 0.717) is 6.54 Å². The molecule has 6 heteroatoms. The van der Waals surface area contributed by atoms with E-state index in [0.717, 1.165) is 56.8 Å². The zero-order chi connectivity index (χ0) is 19.2. The summed E-state index contributed by atoms with van der Waals surface area (Å²) in [7, 11) is 0. The molecule has 3 aliphatic heterocycles. The van der Waals surface area contributed by atoms with Crippen LogP contribution in [0.2, 0.25) is 0 Å². The first-order valence-corrected chi connectivity index (χ1v) is 11.0. The van der Waals surface area contributed by atoms with Crippen LogP contribution in [-0.2, 0) is 9.53 Å². The Balaban J connectivity index is 1.27. The number of ether oxygens (including phenoxy) is 1. The molecule has 3 aliphatic rings. The molecule has 0 atom stereocenters. The van der Waals surface area contributed by atoms with Gasteiger partial charge in [0.05, 0.1) is 31.1 Å². The number of hydrogen-bond acceptors (Lipinski definition) is 5. The summed E-state index contributed by atoms with van der Waals surface area (Å²) in [5.41, 5.74) is 2.01. The van der Waals surface area contributed by atoms with Gasteiger partial charge in [-0.15, -0.1) is 0 Å². The number of nitrogens with zero attached hydrogens (tertiary/aromatic N) is 3. The van der Waals surface area contributed by atoms with Crippen LogP contribution in [0, 0.1) is 0 Å². The number of nitrogens with one attached hydrogen (secondary N) is 1. The molecule has 0 bridgehead atoms. The first-order chi connectivity index (χ1) is 13.8. The number of piperidine rings is 2. The highest BCUT2D eigenvalue weighted by atomic mass is 16.5. The predicted molar refractivity (Wildman–Crippen MR) is 113 cm³/mol. The zero-order valence-corrected chi connectivity index (χ0v) is 16.9. The molecule has 0 aliphatic carbocycles. The highest BCUT2D eigenvalue weighted by molar-refractivity contribution is 5.95. The molecule has 6 nitrogen and oxygen atoms in total. The average molecular weight is 387 g/mol. The van der Waals surface area contributed by atoms with Crippen molar-refractivity contribution in [2.24, 2.45) is 0 Å². The third-order valence-corrected chi connectivity index (χ3v) is 6.36. The van der Waals surface area contributed by atoms with Crippen molar-refractivity contribution in [2.45, 2.75) is 38.1 Å². The second kappa shape index (κ2) is 9.72. The quantitative estimate of drug-likeness (QED) is 0.842. The van der Waals surface area contributed by atoms with Crippen LogP contribution in [0.25, 0.3) is 0 Å². The maximum Gasteiger partial charge on any atom is 0.238 e. The van der Waals surface area contributed by atoms with Gasteiger partial charge in [-0.3, -0.25) is 9.69 Å². The van der Waals surface area contributed by atoms with Crippen molar-refractivity contribution in [1.82, 2.24) is 9.80 Å². The van der Waals surface area contributed by atoms with E-state index >= 15 is 0 Å². The first-order valence-electron chi connectivity index (χ1n) is 11.0. The highest BCUT2D eigenvalue weighted by Gasteiger charge is 2.26. The first kappa shape index (κ1) is 19.7. The van der Waals surface area contributed by atoms with Gasteiger partial charge in [0.15, 0.2) is 0 Å². The van der Waals surface area contributed by atoms with Crippen molar-refractivity contribution in [2.75, 3.05) is 69.2 Å². The van der Waals surface area contributed by atoms with Gasteiger partial charge < -0.3 is 19.9 Å². The van der Waals surface area contributed by atoms with E-state index in [2.05, 4.69) is 26.1 Å². The Bertz CT molecular complexity index is 633. The molecule has 0 saturated carbocycles. The average Bonchev–Trinajstić information content (AvgIpc) is 2.76. The Labute approximate surface area is 168 Å². The van der Waals surface area contributed by atoms with Gasteiger partial charge >= 0.3 is 0 Å². The molecule has 154 valence electrons. The maximum absolute atomic E-state index is 12.7. The lowest BCUT2D eigenvalue weighted by molar-refractivity contribution is -0.117. The number of morpholine rings is 1. The number of anilines is 2. The summed E-state index contributed by atoms with van der Waals surface area (Å²) in [6, 6.07) is 8.84. The molecule has 1 amide bonds. The third-order valence-electron chi connectivity index (χ3n) is 6.36. The summed E-state index contributed by atoms with van der Waals surface area (Å²) < 4.78 is 5.46. The summed E-state index contributed by atoms with van der Waals surface area (Å²) in [6.45, 7) is 8.31. The molecule has 4 rings (SSSR count). The Morgan fingerprint density at radius 1 is 0.964 bits per heavy atom. The topological polar surface area (TPSA) is 48.1 Å². The molecular formula is C22H34N4O2. The van der Waals surface area contributed by atoms with Crippen LogP contribution in [0.5, 0.6) is 0 Å². The molecule has 1 N–H and O–H groups in total. The summed E-state index contributed by atoms with van der Waals surface area (Å²) in [5.74, 6) is 0.0946. The van der Waals surface area contributed by atoms with Gasteiger partial charge in [-0.1, -0.05) is 18.6 Å². The molecule has 28 heavy (non-hydrogen) atoms. The van der Waals surface area contributed by atoms with Gasteiger partial charge in [0.2, 0.25) is 5.91 Å². The monoisotopic (exact) mass is 386 g/mol. The number of carbonyl (C=O) groups excluding carboxylic acids is 1. The lowest BCUT2D eigenvalue weighted by atomic mass is 10.00. The van der Waals surface area contributed by atoms with Crippen LogP contribution in [0.3, 0.4) is 0 Å². The molecule has 0 radical (unpaired) electrons. The second-order valence-electron chi connectivity index (χ2n) is 8.27. The van der Waals surface area contributed by atoms with Crippen LogP contribution in [0.15, 0.2) is 24.3 Å². The van der Waals surface area contributed by atoms with E-state index in [1.165, 1.54) is 45.2 Å². The van der Waals surface area contributed by atoms with Crippen molar-refractivity contribution in [1.29, 1.82) is 0 Å². The maximum atomic E-state index is 12.7. The standard InChI is InChI=1S/C22H34N4O2/c27-22(18-24-12-8-19(9-13-24)25-10-4-1-5-11-25)23-20-6-2-3-7-21(20)26-14-16-28-17-15-26/h2-3,6-7,19H,1,4-5,8-18H2,(H,23,27). The van der Waals surface area contributed by atoms with E-state index in [9.17, 15) is 4.79 Å². The molecule has 1 aromatic rings. The minimum atomic E-state index is 0.0946. The molecule has 0 aromatic heterocycles. The van der Waals surface area contributed by atoms with Gasteiger partial charge in [-0.25, -0.2) is 0 Å². The molecule has 3 heterocycles. The number of carbonyl (C=O) groups is 1. The Morgan fingerprint density at radius 3 is 2.43 bits per heavy atom. The largest absolute Gasteiger partial charge is 0.378 e. The van der Waals surface area contributed by atoms with Crippen LogP contribution in [0.1, 0.15) is 32.1 Å². The van der Waals surface area contributed by atoms with Gasteiger partial charge in [0.1, 0.15) is 0 Å². The number of likely N-dealkylation sites (tertiary alicyclic amines) is 2. The lowest BCUT2D eigenvalue weighted by Crippen LogP contribution is -2.48. The Kier molecular flexibility index (Phi) is 6.83. The van der Waals surface area contributed by atoms with Gasteiger partial charge in [0.25, 0.3) is 0 Å². The molecule has 0 spiro atoms. The molecule has 1 aromatic carbocycles. The molecule has 3 fully saturated rings. The van der Waals surface area contributed by atoms with E-state index in [1.807, 2.05) is 18.2 Å². The van der Waals surface area contributed by atoms with Crippen LogP contribution >= 0.6 is 0 Å². The van der Waals surface area contributed by atoms with E-state index in [1.54, 1.807) is 0 Å². The van der Waals surface area contributed by atoms with Crippen LogP contribution in [-0.4, -0.2) is 80.8 Å². The van der Waals surface area contributed by atoms with Crippen molar-refractivity contribution in [3.05, 3.63) is 24.3 Å². The summed E-state index contributed by atoms with van der Waals surface area (Å²) in [6.07, 6.45) is 6.48. The van der Waals surface area contributed by atoms with Gasteiger partial charge in [-0.2, -0.15) is 0 Å². The van der Waals surface area contributed by atoms with Gasteiger partial charge in [-0.05, 0) is 50.9 Å². The zero-order valence-electron chi connectivity index (χ0n) is 16.9. The summed E-state index contributed by atoms with van der Waals surface area (Å²) in [5, 5.41) is 3.16. The second-order valence-corrected chi connectivity index (χ2v) is 8.27. The Morgan fingerprint density at radius 2 is 1.68 bits per heavy atom. The van der Waals surface area contributed by atoms with Crippen molar-refractivity contribution in [3.63, 3.8) is 0 Å². The summed E-state index contributed by atoms with van der Waals surface area (Å²) in [4.78, 5) is 20.0. The lowest BCUT2D eigenvalue weighted by Gasteiger charge is -2.40. The SMILES string of the molecule is O=C(CN1CCC(N2CCCCC2)CC1)Nc1ccccc1N1CCOCC1. The third kappa shape index (κ3) is 5.04.